The van der Waals surface area contributed by atoms with Crippen molar-refractivity contribution < 1.29 is 18.4 Å². The largest absolute Gasteiger partial charge is 0.373 e. The quantitative estimate of drug-likeness (QED) is 0.727. The molecule has 2 aliphatic heterocycles. The zero-order chi connectivity index (χ0) is 17.8. The van der Waals surface area contributed by atoms with Gasteiger partial charge in [-0.3, -0.25) is 14.9 Å². The average molecular weight is 349 g/mol. The van der Waals surface area contributed by atoms with Gasteiger partial charge in [0.05, 0.1) is 11.3 Å². The van der Waals surface area contributed by atoms with Crippen LogP contribution in [0.4, 0.5) is 14.5 Å². The average Bonchev–Trinajstić information content (AvgIpc) is 3.09. The second-order valence-corrected chi connectivity index (χ2v) is 7.28. The second kappa shape index (κ2) is 5.49. The summed E-state index contributed by atoms with van der Waals surface area (Å²) < 4.78 is 28.8. The highest BCUT2D eigenvalue weighted by Crippen LogP contribution is 2.69. The Morgan fingerprint density at radius 2 is 2.08 bits per heavy atom. The van der Waals surface area contributed by atoms with Crippen LogP contribution in [0, 0.1) is 12.8 Å². The molecule has 25 heavy (non-hydrogen) atoms. The van der Waals surface area contributed by atoms with Gasteiger partial charge in [0, 0.05) is 18.7 Å². The first-order valence-electron chi connectivity index (χ1n) is 8.66. The normalized spacial score (nSPS) is 33.4. The van der Waals surface area contributed by atoms with Crippen LogP contribution >= 0.6 is 0 Å². The Kier molecular flexibility index (Phi) is 3.61. The Hall–Kier alpha value is -2.02. The fraction of sp³-hybridized carbons (Fsp3) is 0.556. The smallest absolute Gasteiger partial charge is 0.263 e. The molecule has 3 aliphatic rings. The van der Waals surface area contributed by atoms with E-state index in [0.717, 1.165) is 11.3 Å². The summed E-state index contributed by atoms with van der Waals surface area (Å²) in [5.74, 6) is -3.91. The van der Waals surface area contributed by atoms with Crippen LogP contribution in [0.3, 0.4) is 0 Å². The van der Waals surface area contributed by atoms with E-state index in [1.807, 2.05) is 13.0 Å². The van der Waals surface area contributed by atoms with Crippen molar-refractivity contribution in [1.82, 2.24) is 10.6 Å². The molecule has 3 N–H and O–H groups in total. The molecule has 0 spiro atoms. The summed E-state index contributed by atoms with van der Waals surface area (Å²) in [4.78, 5) is 23.1. The maximum atomic E-state index is 14.4. The van der Waals surface area contributed by atoms with Crippen molar-refractivity contribution in [2.75, 3.05) is 18.4 Å². The number of carbonyl (C=O) groups excluding carboxylic acids is 2. The van der Waals surface area contributed by atoms with Crippen molar-refractivity contribution in [3.8, 4) is 0 Å². The zero-order valence-electron chi connectivity index (χ0n) is 14.0. The summed E-state index contributed by atoms with van der Waals surface area (Å²) in [6, 6.07) is 4.86. The molecule has 1 aromatic rings. The summed E-state index contributed by atoms with van der Waals surface area (Å²) in [5.41, 5.74) is 1.20. The molecule has 0 unspecified atom stereocenters. The molecule has 0 aromatic heterocycles. The molecule has 2 saturated heterocycles. The van der Waals surface area contributed by atoms with Crippen LogP contribution in [0.2, 0.25) is 0 Å². The molecule has 0 bridgehead atoms. The highest BCUT2D eigenvalue weighted by atomic mass is 19.3. The van der Waals surface area contributed by atoms with Crippen molar-refractivity contribution in [3.05, 3.63) is 29.3 Å². The van der Waals surface area contributed by atoms with Crippen molar-refractivity contribution in [3.63, 3.8) is 0 Å². The molecule has 134 valence electrons. The van der Waals surface area contributed by atoms with Gasteiger partial charge >= 0.3 is 0 Å². The Balaban J connectivity index is 1.56. The molecule has 7 heteroatoms. The minimum absolute atomic E-state index is 0.262. The van der Waals surface area contributed by atoms with Crippen LogP contribution in [0.1, 0.15) is 30.4 Å². The highest BCUT2D eigenvalue weighted by Gasteiger charge is 2.80. The first-order chi connectivity index (χ1) is 11.9. The number of fused-ring (bicyclic) bond motifs is 1. The number of alkyl halides is 2. The van der Waals surface area contributed by atoms with Gasteiger partial charge in [0.1, 0.15) is 6.04 Å². The fourth-order valence-corrected chi connectivity index (χ4v) is 4.37. The lowest BCUT2D eigenvalue weighted by Gasteiger charge is -2.25. The summed E-state index contributed by atoms with van der Waals surface area (Å²) in [5, 5.41) is 8.49. The minimum Gasteiger partial charge on any atom is -0.373 e. The van der Waals surface area contributed by atoms with Gasteiger partial charge in [-0.05, 0) is 43.5 Å². The molecule has 4 rings (SSSR count). The Morgan fingerprint density at radius 3 is 2.76 bits per heavy atom. The number of rotatable bonds is 3. The van der Waals surface area contributed by atoms with E-state index in [1.54, 1.807) is 12.1 Å². The third kappa shape index (κ3) is 2.36. The molecule has 3 fully saturated rings. The Morgan fingerprint density at radius 1 is 1.28 bits per heavy atom. The van der Waals surface area contributed by atoms with Gasteiger partial charge < -0.3 is 10.6 Å². The van der Waals surface area contributed by atoms with E-state index in [2.05, 4.69) is 16.0 Å². The third-order valence-corrected chi connectivity index (χ3v) is 5.90. The lowest BCUT2D eigenvalue weighted by atomic mass is 9.86. The van der Waals surface area contributed by atoms with Crippen molar-refractivity contribution >= 4 is 17.5 Å². The van der Waals surface area contributed by atoms with E-state index in [0.29, 0.717) is 37.9 Å². The van der Waals surface area contributed by atoms with E-state index in [1.165, 1.54) is 0 Å². The number of piperidine rings is 2. The van der Waals surface area contributed by atoms with Crippen LogP contribution in [-0.4, -0.2) is 36.9 Å². The number of halogens is 2. The minimum atomic E-state index is -2.67. The van der Waals surface area contributed by atoms with Gasteiger partial charge in [-0.1, -0.05) is 12.1 Å². The van der Waals surface area contributed by atoms with E-state index in [9.17, 15) is 18.4 Å². The topological polar surface area (TPSA) is 70.2 Å². The van der Waals surface area contributed by atoms with Gasteiger partial charge in [0.15, 0.2) is 0 Å². The zero-order valence-corrected chi connectivity index (χ0v) is 14.0. The molecule has 1 saturated carbocycles. The van der Waals surface area contributed by atoms with E-state index in [-0.39, 0.29) is 11.8 Å². The molecule has 3 atom stereocenters. The number of nitrogens with one attached hydrogen (secondary N) is 3. The number of benzene rings is 1. The third-order valence-electron chi connectivity index (χ3n) is 5.90. The second-order valence-electron chi connectivity index (χ2n) is 7.28. The molecule has 2 heterocycles. The Labute approximate surface area is 144 Å². The first-order valence-corrected chi connectivity index (χ1v) is 8.66. The van der Waals surface area contributed by atoms with Crippen LogP contribution in [-0.2, 0) is 15.0 Å². The molecular weight excluding hydrogens is 328 g/mol. The standard InChI is InChI=1S/C18H21F2N3O2/c1-10-8-11(17-6-7-21-9-14(17)18(17,19)20)2-3-12(10)22-13-4-5-15(24)23-16(13)25/h2-3,8,13-14,21-22H,4-7,9H2,1H3,(H,23,24,25)/t13-,14+,17+/m0/s1. The van der Waals surface area contributed by atoms with Crippen LogP contribution < -0.4 is 16.0 Å². The number of hydrogen-bond acceptors (Lipinski definition) is 4. The van der Waals surface area contributed by atoms with E-state index >= 15 is 0 Å². The number of carbonyl (C=O) groups is 2. The molecule has 5 nitrogen and oxygen atoms in total. The summed E-state index contributed by atoms with van der Waals surface area (Å²) in [7, 11) is 0. The number of imide groups is 1. The monoisotopic (exact) mass is 349 g/mol. The SMILES string of the molecule is Cc1cc([C@]23CCNC[C@H]2C3(F)F)ccc1N[C@H]1CCC(=O)NC1=O. The Bertz CT molecular complexity index is 752. The summed E-state index contributed by atoms with van der Waals surface area (Å²) in [6.07, 6.45) is 1.16. The fourth-order valence-electron chi connectivity index (χ4n) is 4.37. The first kappa shape index (κ1) is 16.4. The lowest BCUT2D eigenvalue weighted by molar-refractivity contribution is -0.133. The molecule has 1 aliphatic carbocycles. The molecular formula is C18H21F2N3O2. The van der Waals surface area contributed by atoms with Crippen molar-refractivity contribution in [2.45, 2.75) is 43.6 Å². The van der Waals surface area contributed by atoms with E-state index < -0.39 is 23.3 Å². The van der Waals surface area contributed by atoms with Crippen molar-refractivity contribution in [1.29, 1.82) is 0 Å². The van der Waals surface area contributed by atoms with Gasteiger partial charge in [0.2, 0.25) is 11.8 Å². The molecule has 1 aromatic carbocycles. The van der Waals surface area contributed by atoms with Crippen LogP contribution in [0.25, 0.3) is 0 Å². The van der Waals surface area contributed by atoms with Crippen LogP contribution in [0.5, 0.6) is 0 Å². The predicted octanol–water partition coefficient (Wildman–Crippen LogP) is 1.71. The van der Waals surface area contributed by atoms with Crippen LogP contribution in [0.15, 0.2) is 18.2 Å². The maximum Gasteiger partial charge on any atom is 0.263 e. The highest BCUT2D eigenvalue weighted by molar-refractivity contribution is 6.01. The lowest BCUT2D eigenvalue weighted by Crippen LogP contribution is -2.47. The summed E-state index contributed by atoms with van der Waals surface area (Å²) >= 11 is 0. The molecule has 2 amide bonds. The number of anilines is 1. The van der Waals surface area contributed by atoms with Gasteiger partial charge in [-0.2, -0.15) is 0 Å². The predicted molar refractivity (Wildman–Crippen MR) is 88.6 cm³/mol. The van der Waals surface area contributed by atoms with Gasteiger partial charge in [0.25, 0.3) is 5.92 Å². The molecule has 0 radical (unpaired) electrons. The number of amides is 2. The van der Waals surface area contributed by atoms with Gasteiger partial charge in [-0.15, -0.1) is 0 Å². The maximum absolute atomic E-state index is 14.4. The number of hydrogen-bond donors (Lipinski definition) is 3. The number of aryl methyl sites for hydroxylation is 1. The van der Waals surface area contributed by atoms with E-state index in [4.69, 9.17) is 0 Å². The van der Waals surface area contributed by atoms with Gasteiger partial charge in [-0.25, -0.2) is 8.78 Å². The summed E-state index contributed by atoms with van der Waals surface area (Å²) in [6.45, 7) is 2.80. The van der Waals surface area contributed by atoms with Crippen molar-refractivity contribution in [2.24, 2.45) is 5.92 Å².